The molecule has 1 aromatic heterocycles. The van der Waals surface area contributed by atoms with Crippen LogP contribution in [0.25, 0.3) is 0 Å². The van der Waals surface area contributed by atoms with E-state index in [9.17, 15) is 31.1 Å². The average Bonchev–Trinajstić information content (AvgIpc) is 3.11. The highest BCUT2D eigenvalue weighted by molar-refractivity contribution is 7.10. The third-order valence-electron chi connectivity index (χ3n) is 5.48. The SMILES string of the molecule is Cc1ccsc1C1CNCCC1C(=O)N(C)Cc1cc(C(F)(F)F)cc(C(F)(F)F)c1.Cl. The first kappa shape index (κ1) is 26.5. The molecule has 11 heteroatoms. The number of piperidine rings is 1. The molecule has 2 aromatic rings. The van der Waals surface area contributed by atoms with Crippen molar-refractivity contribution in [2.24, 2.45) is 5.92 Å². The number of halogens is 7. The maximum atomic E-state index is 13.1. The van der Waals surface area contributed by atoms with Crippen LogP contribution in [0.15, 0.2) is 29.6 Å². The predicted octanol–water partition coefficient (Wildman–Crippen LogP) is 5.87. The number of carbonyl (C=O) groups excluding carboxylic acids is 1. The maximum Gasteiger partial charge on any atom is 0.416 e. The van der Waals surface area contributed by atoms with Crippen LogP contribution in [0.4, 0.5) is 26.3 Å². The van der Waals surface area contributed by atoms with Crippen LogP contribution < -0.4 is 5.32 Å². The lowest BCUT2D eigenvalue weighted by atomic mass is 9.83. The molecule has 0 aliphatic carbocycles. The van der Waals surface area contributed by atoms with Crippen molar-refractivity contribution in [3.8, 4) is 0 Å². The summed E-state index contributed by atoms with van der Waals surface area (Å²) in [6.45, 7) is 2.82. The number of hydrogen-bond donors (Lipinski definition) is 1. The number of carbonyl (C=O) groups is 1. The Balaban J connectivity index is 0.00000363. The minimum atomic E-state index is -4.92. The number of hydrogen-bond acceptors (Lipinski definition) is 3. The number of nitrogens with zero attached hydrogens (tertiary/aromatic N) is 1. The number of amides is 1. The van der Waals surface area contributed by atoms with Crippen LogP contribution in [0.1, 0.15) is 39.5 Å². The predicted molar refractivity (Wildman–Crippen MR) is 113 cm³/mol. The van der Waals surface area contributed by atoms with E-state index in [-0.39, 0.29) is 42.4 Å². The van der Waals surface area contributed by atoms with Crippen molar-refractivity contribution in [2.45, 2.75) is 38.2 Å². The van der Waals surface area contributed by atoms with Gasteiger partial charge in [-0.1, -0.05) is 0 Å². The molecule has 0 radical (unpaired) electrons. The van der Waals surface area contributed by atoms with Crippen molar-refractivity contribution in [3.63, 3.8) is 0 Å². The standard InChI is InChI=1S/C21H22F6N2OS.ClH/c1-12-4-6-31-18(12)17-10-28-5-3-16(17)19(30)29(2)11-13-7-14(20(22,23)24)9-15(8-13)21(25,26)27;/h4,6-9,16-17,28H,3,5,10-11H2,1-2H3;1H. The number of benzene rings is 1. The molecule has 1 saturated heterocycles. The van der Waals surface area contributed by atoms with Crippen LogP contribution in [-0.4, -0.2) is 30.9 Å². The Morgan fingerprint density at radius 3 is 2.22 bits per heavy atom. The highest BCUT2D eigenvalue weighted by Gasteiger charge is 2.38. The summed E-state index contributed by atoms with van der Waals surface area (Å²) < 4.78 is 78.7. The van der Waals surface area contributed by atoms with Crippen LogP contribution in [0.2, 0.25) is 0 Å². The second-order valence-corrected chi connectivity index (χ2v) is 8.73. The van der Waals surface area contributed by atoms with E-state index in [4.69, 9.17) is 0 Å². The molecule has 178 valence electrons. The van der Waals surface area contributed by atoms with Crippen molar-refractivity contribution in [2.75, 3.05) is 20.1 Å². The van der Waals surface area contributed by atoms with E-state index in [0.29, 0.717) is 31.6 Å². The van der Waals surface area contributed by atoms with E-state index in [1.165, 1.54) is 11.9 Å². The van der Waals surface area contributed by atoms with Crippen LogP contribution >= 0.6 is 23.7 Å². The molecule has 0 saturated carbocycles. The van der Waals surface area contributed by atoms with Crippen molar-refractivity contribution in [1.29, 1.82) is 0 Å². The summed E-state index contributed by atoms with van der Waals surface area (Å²) >= 11 is 1.54. The lowest BCUT2D eigenvalue weighted by Gasteiger charge is -2.34. The Labute approximate surface area is 192 Å². The van der Waals surface area contributed by atoms with E-state index < -0.39 is 29.4 Å². The monoisotopic (exact) mass is 500 g/mol. The third-order valence-corrected chi connectivity index (χ3v) is 6.63. The van der Waals surface area contributed by atoms with Gasteiger partial charge in [0.25, 0.3) is 0 Å². The van der Waals surface area contributed by atoms with Crippen LogP contribution in [-0.2, 0) is 23.7 Å². The second kappa shape index (κ2) is 10.0. The average molecular weight is 501 g/mol. The number of rotatable bonds is 4. The Kier molecular flexibility index (Phi) is 8.28. The van der Waals surface area contributed by atoms with Gasteiger partial charge in [-0.25, -0.2) is 0 Å². The Morgan fingerprint density at radius 2 is 1.72 bits per heavy atom. The van der Waals surface area contributed by atoms with Crippen LogP contribution in [0, 0.1) is 12.8 Å². The normalized spacial score (nSPS) is 19.4. The molecule has 2 atom stereocenters. The van der Waals surface area contributed by atoms with Gasteiger partial charge >= 0.3 is 12.4 Å². The molecule has 1 amide bonds. The first-order valence-electron chi connectivity index (χ1n) is 9.66. The smallest absolute Gasteiger partial charge is 0.341 e. The Morgan fingerprint density at radius 1 is 1.12 bits per heavy atom. The van der Waals surface area contributed by atoms with Crippen LogP contribution in [0.3, 0.4) is 0 Å². The first-order chi connectivity index (χ1) is 14.4. The fourth-order valence-electron chi connectivity index (χ4n) is 3.94. The van der Waals surface area contributed by atoms with E-state index in [1.807, 2.05) is 18.4 Å². The molecule has 1 N–H and O–H groups in total. The molecule has 1 aliphatic rings. The largest absolute Gasteiger partial charge is 0.416 e. The van der Waals surface area contributed by atoms with Gasteiger partial charge < -0.3 is 10.2 Å². The first-order valence-corrected chi connectivity index (χ1v) is 10.5. The molecular weight excluding hydrogens is 478 g/mol. The summed E-state index contributed by atoms with van der Waals surface area (Å²) in [6.07, 6.45) is -9.30. The zero-order chi connectivity index (χ0) is 23.0. The molecule has 3 nitrogen and oxygen atoms in total. The fraction of sp³-hybridized carbons (Fsp3) is 0.476. The Bertz CT molecular complexity index is 911. The maximum absolute atomic E-state index is 13.1. The highest BCUT2D eigenvalue weighted by Crippen LogP contribution is 2.38. The van der Waals surface area contributed by atoms with Gasteiger partial charge in [0.2, 0.25) is 5.91 Å². The topological polar surface area (TPSA) is 32.3 Å². The van der Waals surface area contributed by atoms with Gasteiger partial charge in [0.05, 0.1) is 11.1 Å². The number of alkyl halides is 6. The zero-order valence-corrected chi connectivity index (χ0v) is 18.9. The van der Waals surface area contributed by atoms with Gasteiger partial charge in [0.1, 0.15) is 0 Å². The minimum Gasteiger partial charge on any atom is -0.341 e. The Hall–Kier alpha value is -1.78. The summed E-state index contributed by atoms with van der Waals surface area (Å²) in [7, 11) is 1.41. The van der Waals surface area contributed by atoms with E-state index in [1.54, 1.807) is 11.3 Å². The summed E-state index contributed by atoms with van der Waals surface area (Å²) in [6, 6.07) is 3.39. The van der Waals surface area contributed by atoms with Crippen molar-refractivity contribution < 1.29 is 31.1 Å². The van der Waals surface area contributed by atoms with E-state index in [0.717, 1.165) is 10.4 Å². The summed E-state index contributed by atoms with van der Waals surface area (Å²) in [5.74, 6) is -0.766. The third kappa shape index (κ3) is 5.96. The van der Waals surface area contributed by atoms with Gasteiger partial charge in [0, 0.05) is 36.9 Å². The molecule has 0 bridgehead atoms. The number of nitrogens with one attached hydrogen (secondary N) is 1. The van der Waals surface area contributed by atoms with E-state index >= 15 is 0 Å². The molecule has 32 heavy (non-hydrogen) atoms. The minimum absolute atomic E-state index is 0. The van der Waals surface area contributed by atoms with Crippen molar-refractivity contribution in [1.82, 2.24) is 10.2 Å². The lowest BCUT2D eigenvalue weighted by molar-refractivity contribution is -0.143. The molecule has 0 spiro atoms. The number of thiophene rings is 1. The van der Waals surface area contributed by atoms with Gasteiger partial charge in [-0.2, -0.15) is 26.3 Å². The van der Waals surface area contributed by atoms with Crippen LogP contribution in [0.5, 0.6) is 0 Å². The molecule has 2 heterocycles. The zero-order valence-electron chi connectivity index (χ0n) is 17.3. The molecule has 1 aliphatic heterocycles. The van der Waals surface area contributed by atoms with Gasteiger partial charge in [0.15, 0.2) is 0 Å². The molecule has 3 rings (SSSR count). The van der Waals surface area contributed by atoms with Crippen molar-refractivity contribution >= 4 is 29.7 Å². The molecule has 1 aromatic carbocycles. The summed E-state index contributed by atoms with van der Waals surface area (Å²) in [5, 5.41) is 5.19. The van der Waals surface area contributed by atoms with Gasteiger partial charge in [-0.15, -0.1) is 23.7 Å². The fourth-order valence-corrected chi connectivity index (χ4v) is 5.03. The molecule has 1 fully saturated rings. The lowest BCUT2D eigenvalue weighted by Crippen LogP contribution is -2.43. The van der Waals surface area contributed by atoms with Gasteiger partial charge in [-0.3, -0.25) is 4.79 Å². The number of aryl methyl sites for hydroxylation is 1. The molecule has 2 unspecified atom stereocenters. The summed E-state index contributed by atoms with van der Waals surface area (Å²) in [5.41, 5.74) is -1.91. The quantitative estimate of drug-likeness (QED) is 0.533. The van der Waals surface area contributed by atoms with E-state index in [2.05, 4.69) is 5.32 Å². The summed E-state index contributed by atoms with van der Waals surface area (Å²) in [4.78, 5) is 15.4. The highest BCUT2D eigenvalue weighted by atomic mass is 35.5. The van der Waals surface area contributed by atoms with Gasteiger partial charge in [-0.05, 0) is 60.7 Å². The van der Waals surface area contributed by atoms with Crippen molar-refractivity contribution in [3.05, 3.63) is 56.8 Å². The second-order valence-electron chi connectivity index (χ2n) is 7.78. The molecular formula is C21H23ClF6N2OS.